The molecule has 1 aromatic carbocycles. The van der Waals surface area contributed by atoms with Gasteiger partial charge in [-0.2, -0.15) is 0 Å². The lowest BCUT2D eigenvalue weighted by atomic mass is 9.69. The molecule has 19 heavy (non-hydrogen) atoms. The Hall–Kier alpha value is -1.48. The van der Waals surface area contributed by atoms with Gasteiger partial charge in [0.15, 0.2) is 11.6 Å². The molecule has 0 aromatic heterocycles. The first kappa shape index (κ1) is 13.9. The fourth-order valence-electron chi connectivity index (χ4n) is 2.59. The lowest BCUT2D eigenvalue weighted by Crippen LogP contribution is -2.49. The maximum Gasteiger partial charge on any atom is 0.193 e. The molecule has 0 radical (unpaired) electrons. The van der Waals surface area contributed by atoms with Crippen LogP contribution >= 0.6 is 0 Å². The highest BCUT2D eigenvalue weighted by Crippen LogP contribution is 2.37. The minimum absolute atomic E-state index is 0.0105. The van der Waals surface area contributed by atoms with Crippen molar-refractivity contribution in [3.05, 3.63) is 34.4 Å². The van der Waals surface area contributed by atoms with Crippen molar-refractivity contribution in [2.45, 2.75) is 40.7 Å². The third-order valence-corrected chi connectivity index (χ3v) is 3.96. The molecule has 0 aliphatic heterocycles. The van der Waals surface area contributed by atoms with Crippen molar-refractivity contribution in [2.75, 3.05) is 6.61 Å². The molecule has 1 atom stereocenters. The normalized spacial score (nSPS) is 21.4. The van der Waals surface area contributed by atoms with Gasteiger partial charge >= 0.3 is 0 Å². The third-order valence-electron chi connectivity index (χ3n) is 3.96. The number of hydrogen-bond donors (Lipinski definition) is 0. The third kappa shape index (κ3) is 2.02. The fraction of sp³-hybridized carbons (Fsp3) is 0.500. The summed E-state index contributed by atoms with van der Waals surface area (Å²) in [7, 11) is 0. The molecule has 102 valence electrons. The van der Waals surface area contributed by atoms with E-state index in [1.165, 1.54) is 0 Å². The van der Waals surface area contributed by atoms with Gasteiger partial charge in [0.25, 0.3) is 0 Å². The van der Waals surface area contributed by atoms with Gasteiger partial charge in [-0.25, -0.2) is 0 Å². The number of hydrogen-bond acceptors (Lipinski definition) is 3. The van der Waals surface area contributed by atoms with Gasteiger partial charge in [0.1, 0.15) is 6.10 Å². The van der Waals surface area contributed by atoms with Crippen LogP contribution in [0.5, 0.6) is 0 Å². The van der Waals surface area contributed by atoms with Crippen LogP contribution in [0, 0.1) is 19.3 Å². The number of carbonyl (C=O) groups excluding carboxylic acids is 2. The van der Waals surface area contributed by atoms with E-state index in [0.29, 0.717) is 17.7 Å². The molecular formula is C16H20O3. The quantitative estimate of drug-likeness (QED) is 0.820. The molecule has 0 saturated carbocycles. The van der Waals surface area contributed by atoms with E-state index in [0.717, 1.165) is 11.1 Å². The van der Waals surface area contributed by atoms with E-state index >= 15 is 0 Å². The maximum atomic E-state index is 12.6. The van der Waals surface area contributed by atoms with Gasteiger partial charge < -0.3 is 4.74 Å². The molecule has 0 bridgehead atoms. The zero-order valence-corrected chi connectivity index (χ0v) is 12.2. The average Bonchev–Trinajstić information content (AvgIpc) is 2.35. The SMILES string of the molecule is CCOC1C(=O)c2cc(C)c(C)cc2C(=O)C1(C)C. The first-order valence-corrected chi connectivity index (χ1v) is 6.62. The number of carbonyl (C=O) groups is 2. The molecule has 0 saturated heterocycles. The van der Waals surface area contributed by atoms with E-state index in [-0.39, 0.29) is 11.6 Å². The summed E-state index contributed by atoms with van der Waals surface area (Å²) >= 11 is 0. The molecule has 2 rings (SSSR count). The number of fused-ring (bicyclic) bond motifs is 1. The molecular weight excluding hydrogens is 240 g/mol. The lowest BCUT2D eigenvalue weighted by Gasteiger charge is -2.36. The Morgan fingerprint density at radius 1 is 1.11 bits per heavy atom. The summed E-state index contributed by atoms with van der Waals surface area (Å²) in [6, 6.07) is 3.64. The van der Waals surface area contributed by atoms with Crippen LogP contribution in [0.15, 0.2) is 12.1 Å². The van der Waals surface area contributed by atoms with Gasteiger partial charge in [0.05, 0.1) is 5.41 Å². The van der Waals surface area contributed by atoms with Crippen LogP contribution in [-0.4, -0.2) is 24.3 Å². The van der Waals surface area contributed by atoms with Crippen LogP contribution in [0.3, 0.4) is 0 Å². The Morgan fingerprint density at radius 3 is 2.16 bits per heavy atom. The smallest absolute Gasteiger partial charge is 0.193 e. The minimum Gasteiger partial charge on any atom is -0.369 e. The maximum absolute atomic E-state index is 12.6. The van der Waals surface area contributed by atoms with E-state index in [4.69, 9.17) is 4.74 Å². The molecule has 1 aromatic rings. The predicted molar refractivity (Wildman–Crippen MR) is 73.8 cm³/mol. The van der Waals surface area contributed by atoms with Crippen molar-refractivity contribution in [1.82, 2.24) is 0 Å². The first-order valence-electron chi connectivity index (χ1n) is 6.62. The van der Waals surface area contributed by atoms with E-state index in [1.807, 2.05) is 32.9 Å². The number of ketones is 2. The van der Waals surface area contributed by atoms with Crippen LogP contribution in [0.4, 0.5) is 0 Å². The summed E-state index contributed by atoms with van der Waals surface area (Å²) in [5.41, 5.74) is 2.29. The first-order chi connectivity index (χ1) is 8.80. The van der Waals surface area contributed by atoms with Crippen molar-refractivity contribution in [3.63, 3.8) is 0 Å². The molecule has 0 heterocycles. The summed E-state index contributed by atoms with van der Waals surface area (Å²) in [6.45, 7) is 9.73. The van der Waals surface area contributed by atoms with E-state index < -0.39 is 11.5 Å². The lowest BCUT2D eigenvalue weighted by molar-refractivity contribution is -0.00429. The second kappa shape index (κ2) is 4.57. The number of aryl methyl sites for hydroxylation is 2. The summed E-state index contributed by atoms with van der Waals surface area (Å²) in [4.78, 5) is 25.2. The highest BCUT2D eigenvalue weighted by atomic mass is 16.5. The van der Waals surface area contributed by atoms with Gasteiger partial charge in [0.2, 0.25) is 0 Å². The van der Waals surface area contributed by atoms with E-state index in [1.54, 1.807) is 13.8 Å². The standard InChI is InChI=1S/C16H20O3/c1-6-19-15-13(17)11-7-9(2)10(3)8-12(11)14(18)16(15,4)5/h7-8,15H,6H2,1-5H3. The highest BCUT2D eigenvalue weighted by Gasteiger charge is 2.48. The Morgan fingerprint density at radius 2 is 1.63 bits per heavy atom. The van der Waals surface area contributed by atoms with Gasteiger partial charge in [0, 0.05) is 17.7 Å². The Bertz CT molecular complexity index is 555. The van der Waals surface area contributed by atoms with Crippen LogP contribution in [0.25, 0.3) is 0 Å². The molecule has 0 spiro atoms. The number of benzene rings is 1. The van der Waals surface area contributed by atoms with Gasteiger partial charge in [-0.15, -0.1) is 0 Å². The molecule has 1 unspecified atom stereocenters. The van der Waals surface area contributed by atoms with Crippen molar-refractivity contribution < 1.29 is 14.3 Å². The van der Waals surface area contributed by atoms with Crippen molar-refractivity contribution in [3.8, 4) is 0 Å². The highest BCUT2D eigenvalue weighted by molar-refractivity contribution is 6.18. The average molecular weight is 260 g/mol. The van der Waals surface area contributed by atoms with Gasteiger partial charge in [-0.3, -0.25) is 9.59 Å². The second-order valence-corrected chi connectivity index (χ2v) is 5.73. The second-order valence-electron chi connectivity index (χ2n) is 5.73. The predicted octanol–water partition coefficient (Wildman–Crippen LogP) is 3.11. The molecule has 0 N–H and O–H groups in total. The van der Waals surface area contributed by atoms with Gasteiger partial charge in [-0.1, -0.05) is 0 Å². The molecule has 0 fully saturated rings. The molecule has 0 amide bonds. The van der Waals surface area contributed by atoms with Crippen LogP contribution in [0.1, 0.15) is 52.6 Å². The summed E-state index contributed by atoms with van der Waals surface area (Å²) in [5.74, 6) is -0.0896. The van der Waals surface area contributed by atoms with E-state index in [2.05, 4.69) is 0 Å². The van der Waals surface area contributed by atoms with Crippen molar-refractivity contribution in [1.29, 1.82) is 0 Å². The molecule has 3 nitrogen and oxygen atoms in total. The van der Waals surface area contributed by atoms with Crippen LogP contribution in [-0.2, 0) is 4.74 Å². The van der Waals surface area contributed by atoms with Crippen LogP contribution in [0.2, 0.25) is 0 Å². The monoisotopic (exact) mass is 260 g/mol. The Labute approximate surface area is 114 Å². The Balaban J connectivity index is 2.64. The summed E-state index contributed by atoms with van der Waals surface area (Å²) in [6.07, 6.45) is -0.681. The van der Waals surface area contributed by atoms with Crippen molar-refractivity contribution in [2.24, 2.45) is 5.41 Å². The molecule has 1 aliphatic carbocycles. The van der Waals surface area contributed by atoms with Gasteiger partial charge in [-0.05, 0) is 57.9 Å². The zero-order chi connectivity index (χ0) is 14.4. The summed E-state index contributed by atoms with van der Waals surface area (Å²) in [5, 5.41) is 0. The topological polar surface area (TPSA) is 43.4 Å². The fourth-order valence-corrected chi connectivity index (χ4v) is 2.59. The molecule has 3 heteroatoms. The largest absolute Gasteiger partial charge is 0.369 e. The number of ether oxygens (including phenoxy) is 1. The zero-order valence-electron chi connectivity index (χ0n) is 12.2. The van der Waals surface area contributed by atoms with E-state index in [9.17, 15) is 9.59 Å². The summed E-state index contributed by atoms with van der Waals surface area (Å²) < 4.78 is 5.54. The Kier molecular flexibility index (Phi) is 3.35. The number of rotatable bonds is 2. The van der Waals surface area contributed by atoms with Crippen LogP contribution < -0.4 is 0 Å². The molecule has 1 aliphatic rings. The minimum atomic E-state index is -0.804. The number of Topliss-reactive ketones (excluding diaryl/α,β-unsaturated/α-hetero) is 2. The van der Waals surface area contributed by atoms with Crippen molar-refractivity contribution >= 4 is 11.6 Å².